The molecular weight excluding hydrogens is 328 g/mol. The molecule has 0 spiro atoms. The first-order valence-electron chi connectivity index (χ1n) is 9.51. The Labute approximate surface area is 154 Å². The minimum atomic E-state index is 0.383. The summed E-state index contributed by atoms with van der Waals surface area (Å²) in [7, 11) is 0. The maximum absolute atomic E-state index is 5.80. The van der Waals surface area contributed by atoms with Crippen LogP contribution in [0.3, 0.4) is 0 Å². The lowest BCUT2D eigenvalue weighted by molar-refractivity contribution is -0.0331. The molecule has 0 bridgehead atoms. The number of morpholine rings is 1. The molecule has 2 aliphatic heterocycles. The largest absolute Gasteiger partial charge is 0.378 e. The van der Waals surface area contributed by atoms with E-state index in [1.54, 1.807) is 0 Å². The zero-order chi connectivity index (χ0) is 17.9. The van der Waals surface area contributed by atoms with Gasteiger partial charge in [0.2, 0.25) is 11.9 Å². The zero-order valence-electron chi connectivity index (χ0n) is 15.4. The number of H-pyrrole nitrogens is 1. The Bertz CT molecular complexity index is 707. The maximum atomic E-state index is 5.80. The van der Waals surface area contributed by atoms with Gasteiger partial charge in [0.25, 0.3) is 0 Å². The Morgan fingerprint density at radius 1 is 1.19 bits per heavy atom. The first kappa shape index (κ1) is 17.3. The molecule has 2 aromatic rings. The molecule has 1 atom stereocenters. The molecule has 2 saturated heterocycles. The summed E-state index contributed by atoms with van der Waals surface area (Å²) < 4.78 is 5.80. The van der Waals surface area contributed by atoms with Crippen LogP contribution in [-0.4, -0.2) is 65.0 Å². The van der Waals surface area contributed by atoms with Crippen LogP contribution < -0.4 is 10.6 Å². The van der Waals surface area contributed by atoms with Gasteiger partial charge in [-0.3, -0.25) is 4.90 Å². The minimum Gasteiger partial charge on any atom is -0.378 e. The van der Waals surface area contributed by atoms with Gasteiger partial charge in [0.1, 0.15) is 0 Å². The summed E-state index contributed by atoms with van der Waals surface area (Å²) in [4.78, 5) is 9.15. The van der Waals surface area contributed by atoms with Crippen LogP contribution in [-0.2, 0) is 11.2 Å². The van der Waals surface area contributed by atoms with Crippen molar-refractivity contribution in [3.63, 3.8) is 0 Å². The number of rotatable bonds is 4. The van der Waals surface area contributed by atoms with Crippen LogP contribution in [0.2, 0.25) is 0 Å². The smallest absolute Gasteiger partial charge is 0.246 e. The molecule has 0 saturated carbocycles. The quantitative estimate of drug-likeness (QED) is 0.866. The number of nitrogens with zero attached hydrogens (tertiary/aromatic N) is 4. The van der Waals surface area contributed by atoms with Gasteiger partial charge in [-0.1, -0.05) is 29.8 Å². The summed E-state index contributed by atoms with van der Waals surface area (Å²) in [6.07, 6.45) is 3.30. The highest BCUT2D eigenvalue weighted by molar-refractivity contribution is 5.34. The molecule has 0 aliphatic carbocycles. The molecule has 3 N–H and O–H groups in total. The predicted molar refractivity (Wildman–Crippen MR) is 102 cm³/mol. The molecule has 0 radical (unpaired) electrons. The van der Waals surface area contributed by atoms with E-state index in [4.69, 9.17) is 10.5 Å². The van der Waals surface area contributed by atoms with Crippen molar-refractivity contribution >= 4 is 11.9 Å². The average molecular weight is 356 g/mol. The van der Waals surface area contributed by atoms with Crippen LogP contribution in [0, 0.1) is 6.92 Å². The van der Waals surface area contributed by atoms with Crippen LogP contribution in [0.15, 0.2) is 24.3 Å². The Hall–Kier alpha value is -2.12. The highest BCUT2D eigenvalue weighted by atomic mass is 16.5. The van der Waals surface area contributed by atoms with Crippen molar-refractivity contribution in [2.45, 2.75) is 38.3 Å². The lowest BCUT2D eigenvalue weighted by Crippen LogP contribution is -2.54. The Kier molecular flexibility index (Phi) is 5.08. The van der Waals surface area contributed by atoms with E-state index in [9.17, 15) is 0 Å². The number of piperidine rings is 1. The second-order valence-corrected chi connectivity index (χ2v) is 7.40. The summed E-state index contributed by atoms with van der Waals surface area (Å²) in [5.74, 6) is 1.10. The van der Waals surface area contributed by atoms with Crippen molar-refractivity contribution in [1.82, 2.24) is 20.1 Å². The zero-order valence-corrected chi connectivity index (χ0v) is 15.4. The second kappa shape index (κ2) is 7.63. The fourth-order valence-corrected chi connectivity index (χ4v) is 4.12. The number of nitrogens with one attached hydrogen (secondary N) is 1. The second-order valence-electron chi connectivity index (χ2n) is 7.40. The van der Waals surface area contributed by atoms with Gasteiger partial charge in [0.05, 0.1) is 13.2 Å². The number of nitrogens with two attached hydrogens (primary N) is 1. The van der Waals surface area contributed by atoms with E-state index < -0.39 is 0 Å². The Morgan fingerprint density at radius 2 is 1.96 bits per heavy atom. The summed E-state index contributed by atoms with van der Waals surface area (Å²) >= 11 is 0. The number of benzene rings is 1. The Morgan fingerprint density at radius 3 is 2.65 bits per heavy atom. The molecule has 1 aromatic heterocycles. The van der Waals surface area contributed by atoms with Crippen molar-refractivity contribution in [1.29, 1.82) is 0 Å². The predicted octanol–water partition coefficient (Wildman–Crippen LogP) is 1.61. The van der Waals surface area contributed by atoms with Crippen LogP contribution in [0.25, 0.3) is 0 Å². The lowest BCUT2D eigenvalue weighted by Gasteiger charge is -2.44. The lowest BCUT2D eigenvalue weighted by atomic mass is 9.97. The third-order valence-electron chi connectivity index (χ3n) is 5.57. The molecule has 7 nitrogen and oxygen atoms in total. The van der Waals surface area contributed by atoms with Gasteiger partial charge in [-0.05, 0) is 31.7 Å². The molecule has 2 aliphatic rings. The van der Waals surface area contributed by atoms with Crippen molar-refractivity contribution in [3.05, 3.63) is 35.4 Å². The van der Waals surface area contributed by atoms with E-state index in [1.807, 2.05) is 0 Å². The van der Waals surface area contributed by atoms with Crippen molar-refractivity contribution in [3.8, 4) is 0 Å². The van der Waals surface area contributed by atoms with Gasteiger partial charge in [0.15, 0.2) is 0 Å². The molecule has 26 heavy (non-hydrogen) atoms. The number of aromatic amines is 1. The summed E-state index contributed by atoms with van der Waals surface area (Å²) in [5.41, 5.74) is 8.36. The topological polar surface area (TPSA) is 83.3 Å². The number of ether oxygens (including phenoxy) is 1. The molecule has 4 rings (SSSR count). The summed E-state index contributed by atoms with van der Waals surface area (Å²) in [5, 5.41) is 6.91. The SMILES string of the molecule is Cc1ccc(CC2COCCN2C2CCN(c3n[nH]c(N)n3)CC2)cc1. The van der Waals surface area contributed by atoms with E-state index in [0.29, 0.717) is 18.0 Å². The molecular formula is C19H28N6O. The Balaban J connectivity index is 1.38. The molecule has 0 amide bonds. The van der Waals surface area contributed by atoms with E-state index in [1.165, 1.54) is 11.1 Å². The van der Waals surface area contributed by atoms with Crippen LogP contribution in [0.1, 0.15) is 24.0 Å². The van der Waals surface area contributed by atoms with E-state index >= 15 is 0 Å². The van der Waals surface area contributed by atoms with Gasteiger partial charge in [-0.15, -0.1) is 5.10 Å². The maximum Gasteiger partial charge on any atom is 0.246 e. The summed E-state index contributed by atoms with van der Waals surface area (Å²) in [6, 6.07) is 9.95. The number of aryl methyl sites for hydroxylation is 1. The third-order valence-corrected chi connectivity index (χ3v) is 5.57. The summed E-state index contributed by atoms with van der Waals surface area (Å²) in [6.45, 7) is 6.75. The van der Waals surface area contributed by atoms with Gasteiger partial charge < -0.3 is 15.4 Å². The first-order chi connectivity index (χ1) is 12.7. The third kappa shape index (κ3) is 3.83. The van der Waals surface area contributed by atoms with Crippen molar-refractivity contribution in [2.24, 2.45) is 0 Å². The number of aromatic nitrogens is 3. The minimum absolute atomic E-state index is 0.383. The van der Waals surface area contributed by atoms with Crippen molar-refractivity contribution < 1.29 is 4.74 Å². The monoisotopic (exact) mass is 356 g/mol. The van der Waals surface area contributed by atoms with E-state index in [2.05, 4.69) is 56.2 Å². The number of nitrogen functional groups attached to an aromatic ring is 1. The fourth-order valence-electron chi connectivity index (χ4n) is 4.12. The van der Waals surface area contributed by atoms with Crippen LogP contribution in [0.4, 0.5) is 11.9 Å². The molecule has 2 fully saturated rings. The highest BCUT2D eigenvalue weighted by Gasteiger charge is 2.32. The standard InChI is InChI=1S/C19H28N6O/c1-14-2-4-15(5-3-14)12-17-13-26-11-10-25(17)16-6-8-24(9-7-16)19-21-18(20)22-23-19/h2-5,16-17H,6-13H2,1H3,(H3,20,21,22,23). The van der Waals surface area contributed by atoms with Gasteiger partial charge in [0, 0.05) is 31.7 Å². The first-order valence-corrected chi connectivity index (χ1v) is 9.51. The van der Waals surface area contributed by atoms with Crippen LogP contribution in [0.5, 0.6) is 0 Å². The average Bonchev–Trinajstić information content (AvgIpc) is 3.11. The molecule has 3 heterocycles. The molecule has 1 unspecified atom stereocenters. The number of hydrogen-bond acceptors (Lipinski definition) is 6. The normalized spacial score (nSPS) is 22.7. The highest BCUT2D eigenvalue weighted by Crippen LogP contribution is 2.25. The van der Waals surface area contributed by atoms with Gasteiger partial charge in [-0.2, -0.15) is 4.98 Å². The van der Waals surface area contributed by atoms with Gasteiger partial charge >= 0.3 is 0 Å². The van der Waals surface area contributed by atoms with Crippen LogP contribution >= 0.6 is 0 Å². The molecule has 7 heteroatoms. The van der Waals surface area contributed by atoms with E-state index in [-0.39, 0.29) is 0 Å². The fraction of sp³-hybridized carbons (Fsp3) is 0.579. The van der Waals surface area contributed by atoms with Crippen molar-refractivity contribution in [2.75, 3.05) is 43.5 Å². The number of hydrogen-bond donors (Lipinski definition) is 2. The molecule has 1 aromatic carbocycles. The van der Waals surface area contributed by atoms with E-state index in [0.717, 1.165) is 58.1 Å². The number of anilines is 2. The molecule has 140 valence electrons. The van der Waals surface area contributed by atoms with Gasteiger partial charge in [-0.25, -0.2) is 5.10 Å².